The van der Waals surface area contributed by atoms with Crippen molar-refractivity contribution in [3.05, 3.63) is 47.2 Å². The predicted octanol–water partition coefficient (Wildman–Crippen LogP) is 3.28. The molecule has 0 bridgehead atoms. The van der Waals surface area contributed by atoms with E-state index >= 15 is 0 Å². The zero-order chi connectivity index (χ0) is 22.2. The van der Waals surface area contributed by atoms with Gasteiger partial charge in [0.15, 0.2) is 10.2 Å². The number of carbonyl (C=O) groups is 2. The lowest BCUT2D eigenvalue weighted by molar-refractivity contribution is -0.121. The number of H-pyrrole nitrogens is 1. The minimum absolute atomic E-state index is 0.0477. The summed E-state index contributed by atoms with van der Waals surface area (Å²) in [5, 5.41) is 20.9. The molecule has 0 spiro atoms. The fourth-order valence-electron chi connectivity index (χ4n) is 2.69. The Kier molecular flexibility index (Phi) is 8.15. The monoisotopic (exact) mass is 459 g/mol. The molecule has 2 aromatic heterocycles. The summed E-state index contributed by atoms with van der Waals surface area (Å²) in [6, 6.07) is 9.96. The quantitative estimate of drug-likeness (QED) is 0.315. The van der Waals surface area contributed by atoms with Crippen LogP contribution in [-0.2, 0) is 21.9 Å². The maximum Gasteiger partial charge on any atom is 0.226 e. The lowest BCUT2D eigenvalue weighted by atomic mass is 10.1. The number of aromatic amines is 1. The summed E-state index contributed by atoms with van der Waals surface area (Å²) in [7, 11) is 3.89. The topological polar surface area (TPSA) is 116 Å². The molecule has 11 heteroatoms. The molecule has 0 aliphatic heterocycles. The lowest BCUT2D eigenvalue weighted by Crippen LogP contribution is -2.17. The van der Waals surface area contributed by atoms with E-state index in [1.165, 1.54) is 22.5 Å². The first-order chi connectivity index (χ1) is 14.9. The first kappa shape index (κ1) is 22.9. The largest absolute Gasteiger partial charge is 0.309 e. The number of anilines is 2. The normalized spacial score (nSPS) is 11.0. The van der Waals surface area contributed by atoms with Crippen LogP contribution in [0.5, 0.6) is 0 Å². The van der Waals surface area contributed by atoms with Crippen molar-refractivity contribution in [1.82, 2.24) is 25.3 Å². The molecule has 0 fully saturated rings. The van der Waals surface area contributed by atoms with Crippen LogP contribution in [0.25, 0.3) is 0 Å². The van der Waals surface area contributed by atoms with Crippen molar-refractivity contribution in [3.63, 3.8) is 0 Å². The van der Waals surface area contributed by atoms with E-state index in [1.807, 2.05) is 31.1 Å². The van der Waals surface area contributed by atoms with E-state index in [9.17, 15) is 9.59 Å². The molecule has 3 rings (SSSR count). The molecule has 1 aromatic carbocycles. The molecule has 0 aliphatic rings. The van der Waals surface area contributed by atoms with E-state index in [4.69, 9.17) is 0 Å². The van der Waals surface area contributed by atoms with Gasteiger partial charge in [0.1, 0.15) is 0 Å². The SMILES string of the molecule is Cc1ccccc1CSc1nnc(NC(=O)CCC(=O)Nc2cc(CN(C)C)[nH]n2)s1. The van der Waals surface area contributed by atoms with Crippen LogP contribution in [0.4, 0.5) is 10.9 Å². The van der Waals surface area contributed by atoms with Crippen LogP contribution in [0, 0.1) is 6.92 Å². The number of nitrogens with one attached hydrogen (secondary N) is 3. The van der Waals surface area contributed by atoms with Crippen molar-refractivity contribution in [2.45, 2.75) is 36.4 Å². The first-order valence-corrected chi connectivity index (χ1v) is 11.5. The summed E-state index contributed by atoms with van der Waals surface area (Å²) < 4.78 is 0.781. The Hall–Kier alpha value is -2.76. The number of hydrogen-bond acceptors (Lipinski definition) is 8. The Morgan fingerprint density at radius 2 is 1.87 bits per heavy atom. The van der Waals surface area contributed by atoms with E-state index in [-0.39, 0.29) is 24.7 Å². The van der Waals surface area contributed by atoms with Gasteiger partial charge in [0.05, 0.1) is 5.69 Å². The van der Waals surface area contributed by atoms with Crippen molar-refractivity contribution in [2.75, 3.05) is 24.7 Å². The number of thioether (sulfide) groups is 1. The number of amides is 2. The molecule has 2 amide bonds. The summed E-state index contributed by atoms with van der Waals surface area (Å²) in [5.41, 5.74) is 3.37. The Balaban J connectivity index is 1.40. The van der Waals surface area contributed by atoms with Gasteiger partial charge in [-0.25, -0.2) is 0 Å². The summed E-state index contributed by atoms with van der Waals surface area (Å²) >= 11 is 2.90. The van der Waals surface area contributed by atoms with E-state index in [2.05, 4.69) is 50.1 Å². The van der Waals surface area contributed by atoms with Crippen molar-refractivity contribution in [1.29, 1.82) is 0 Å². The average molecular weight is 460 g/mol. The first-order valence-electron chi connectivity index (χ1n) is 9.68. The number of carbonyl (C=O) groups excluding carboxylic acids is 2. The second kappa shape index (κ2) is 11.0. The van der Waals surface area contributed by atoms with Crippen LogP contribution in [0.3, 0.4) is 0 Å². The van der Waals surface area contributed by atoms with Gasteiger partial charge >= 0.3 is 0 Å². The highest BCUT2D eigenvalue weighted by atomic mass is 32.2. The molecule has 3 aromatic rings. The van der Waals surface area contributed by atoms with Gasteiger partial charge in [0.25, 0.3) is 0 Å². The van der Waals surface area contributed by atoms with Gasteiger partial charge in [-0.3, -0.25) is 14.7 Å². The molecule has 31 heavy (non-hydrogen) atoms. The molecular weight excluding hydrogens is 434 g/mol. The average Bonchev–Trinajstić information content (AvgIpc) is 3.34. The Labute approximate surface area is 189 Å². The molecule has 0 saturated heterocycles. The van der Waals surface area contributed by atoms with Crippen LogP contribution in [0.1, 0.15) is 29.7 Å². The molecular formula is C20H25N7O2S2. The van der Waals surface area contributed by atoms with Gasteiger partial charge < -0.3 is 15.5 Å². The Morgan fingerprint density at radius 1 is 1.13 bits per heavy atom. The number of hydrogen-bond donors (Lipinski definition) is 3. The summed E-state index contributed by atoms with van der Waals surface area (Å²) in [4.78, 5) is 26.2. The highest BCUT2D eigenvalue weighted by molar-refractivity contribution is 8.00. The van der Waals surface area contributed by atoms with Crippen LogP contribution < -0.4 is 10.6 Å². The van der Waals surface area contributed by atoms with Crippen molar-refractivity contribution >= 4 is 45.9 Å². The molecule has 0 radical (unpaired) electrons. The highest BCUT2D eigenvalue weighted by Crippen LogP contribution is 2.29. The smallest absolute Gasteiger partial charge is 0.226 e. The fraction of sp³-hybridized carbons (Fsp3) is 0.350. The molecule has 0 atom stereocenters. The number of benzene rings is 1. The fourth-order valence-corrected chi connectivity index (χ4v) is 4.54. The lowest BCUT2D eigenvalue weighted by Gasteiger charge is -2.05. The number of aromatic nitrogens is 4. The zero-order valence-corrected chi connectivity index (χ0v) is 19.3. The van der Waals surface area contributed by atoms with Crippen molar-refractivity contribution in [2.24, 2.45) is 0 Å². The van der Waals surface area contributed by atoms with Gasteiger partial charge in [0.2, 0.25) is 16.9 Å². The van der Waals surface area contributed by atoms with Gasteiger partial charge in [-0.15, -0.1) is 10.2 Å². The second-order valence-corrected chi connectivity index (χ2v) is 9.40. The van der Waals surface area contributed by atoms with E-state index in [0.717, 1.165) is 15.8 Å². The Morgan fingerprint density at radius 3 is 2.61 bits per heavy atom. The van der Waals surface area contributed by atoms with E-state index in [0.29, 0.717) is 17.5 Å². The van der Waals surface area contributed by atoms with Crippen LogP contribution >= 0.6 is 23.1 Å². The standard InChI is InChI=1S/C20H25N7O2S2/c1-13-6-4-5-7-14(13)12-30-20-26-25-19(31-20)22-18(29)9-8-17(28)21-16-10-15(23-24-16)11-27(2)3/h4-7,10H,8-9,11-12H2,1-3H3,(H,22,25,29)(H2,21,23,24,28). The summed E-state index contributed by atoms with van der Waals surface area (Å²) in [6.45, 7) is 2.77. The number of rotatable bonds is 10. The van der Waals surface area contributed by atoms with Crippen molar-refractivity contribution < 1.29 is 9.59 Å². The summed E-state index contributed by atoms with van der Waals surface area (Å²) in [5.74, 6) is 0.683. The molecule has 0 unspecified atom stereocenters. The van der Waals surface area contributed by atoms with Crippen LogP contribution in [0.2, 0.25) is 0 Å². The van der Waals surface area contributed by atoms with Gasteiger partial charge in [-0.1, -0.05) is 47.4 Å². The van der Waals surface area contributed by atoms with Crippen LogP contribution in [-0.4, -0.2) is 51.2 Å². The van der Waals surface area contributed by atoms with Crippen LogP contribution in [0.15, 0.2) is 34.7 Å². The zero-order valence-electron chi connectivity index (χ0n) is 17.6. The van der Waals surface area contributed by atoms with Gasteiger partial charge in [-0.2, -0.15) is 5.10 Å². The summed E-state index contributed by atoms with van der Waals surface area (Å²) in [6.07, 6.45) is 0.0987. The number of nitrogens with zero attached hydrogens (tertiary/aromatic N) is 4. The number of aryl methyl sites for hydroxylation is 1. The third-order valence-corrected chi connectivity index (χ3v) is 6.25. The maximum absolute atomic E-state index is 12.1. The van der Waals surface area contributed by atoms with E-state index in [1.54, 1.807) is 17.8 Å². The molecule has 0 aliphatic carbocycles. The highest BCUT2D eigenvalue weighted by Gasteiger charge is 2.12. The minimum Gasteiger partial charge on any atom is -0.309 e. The molecule has 0 saturated carbocycles. The second-order valence-electron chi connectivity index (χ2n) is 7.20. The Bertz CT molecular complexity index is 1030. The van der Waals surface area contributed by atoms with Gasteiger partial charge in [0, 0.05) is 31.2 Å². The molecule has 9 nitrogen and oxygen atoms in total. The van der Waals surface area contributed by atoms with Crippen molar-refractivity contribution in [3.8, 4) is 0 Å². The third-order valence-electron chi connectivity index (χ3n) is 4.23. The minimum atomic E-state index is -0.280. The molecule has 2 heterocycles. The third kappa shape index (κ3) is 7.46. The predicted molar refractivity (Wildman–Crippen MR) is 123 cm³/mol. The van der Waals surface area contributed by atoms with E-state index < -0.39 is 0 Å². The maximum atomic E-state index is 12.1. The molecule has 3 N–H and O–H groups in total. The van der Waals surface area contributed by atoms with Gasteiger partial charge in [-0.05, 0) is 32.1 Å². The molecule has 164 valence electrons.